The van der Waals surface area contributed by atoms with Crippen molar-refractivity contribution in [2.24, 2.45) is 0 Å². The third-order valence-corrected chi connectivity index (χ3v) is 5.05. The van der Waals surface area contributed by atoms with Crippen LogP contribution in [-0.4, -0.2) is 66.3 Å². The Labute approximate surface area is 154 Å². The van der Waals surface area contributed by atoms with Gasteiger partial charge in [-0.2, -0.15) is 0 Å². The second-order valence-electron chi connectivity index (χ2n) is 6.05. The van der Waals surface area contributed by atoms with E-state index in [1.54, 1.807) is 19.1 Å². The number of hydrogen-bond acceptors (Lipinski definition) is 5. The number of carbonyl (C=O) groups is 1. The Hall–Kier alpha value is -1.51. The van der Waals surface area contributed by atoms with Crippen LogP contribution in [0.1, 0.15) is 12.0 Å². The smallest absolute Gasteiger partial charge is 0.240 e. The molecule has 0 saturated heterocycles. The van der Waals surface area contributed by atoms with Gasteiger partial charge in [-0.15, -0.1) is 0 Å². The van der Waals surface area contributed by atoms with Crippen molar-refractivity contribution in [2.45, 2.75) is 13.3 Å². The SMILES string of the molecule is COc1cc(Cl)c(C)cc1N(CC(=O)NCCCN(C)C)S(C)(=O)=O. The largest absolute Gasteiger partial charge is 0.494 e. The van der Waals surface area contributed by atoms with Crippen LogP contribution in [-0.2, 0) is 14.8 Å². The molecule has 0 unspecified atom stereocenters. The maximum atomic E-state index is 12.2. The molecule has 0 atom stereocenters. The zero-order valence-electron chi connectivity index (χ0n) is 15.3. The van der Waals surface area contributed by atoms with Crippen LogP contribution in [0.2, 0.25) is 5.02 Å². The Bertz CT molecular complexity index is 708. The van der Waals surface area contributed by atoms with Gasteiger partial charge >= 0.3 is 0 Å². The minimum atomic E-state index is -3.68. The number of rotatable bonds is 9. The van der Waals surface area contributed by atoms with Crippen LogP contribution in [0.5, 0.6) is 5.75 Å². The molecular weight excluding hydrogens is 366 g/mol. The van der Waals surface area contributed by atoms with E-state index in [2.05, 4.69) is 5.32 Å². The van der Waals surface area contributed by atoms with E-state index in [-0.39, 0.29) is 18.1 Å². The van der Waals surface area contributed by atoms with Gasteiger partial charge < -0.3 is 15.0 Å². The fourth-order valence-corrected chi connectivity index (χ4v) is 3.20. The third kappa shape index (κ3) is 6.72. The van der Waals surface area contributed by atoms with Crippen LogP contribution in [0.25, 0.3) is 0 Å². The lowest BCUT2D eigenvalue weighted by Gasteiger charge is -2.24. The van der Waals surface area contributed by atoms with E-state index in [4.69, 9.17) is 16.3 Å². The zero-order chi connectivity index (χ0) is 19.2. The first-order valence-electron chi connectivity index (χ1n) is 7.79. The number of benzene rings is 1. The molecule has 0 heterocycles. The first-order valence-corrected chi connectivity index (χ1v) is 10.0. The Morgan fingerprint density at radius 3 is 2.48 bits per heavy atom. The third-order valence-electron chi connectivity index (χ3n) is 3.52. The summed E-state index contributed by atoms with van der Waals surface area (Å²) in [4.78, 5) is 14.2. The number of methoxy groups -OCH3 is 1. The predicted octanol–water partition coefficient (Wildman–Crippen LogP) is 1.49. The van der Waals surface area contributed by atoms with Gasteiger partial charge in [0.2, 0.25) is 15.9 Å². The average Bonchev–Trinajstić information content (AvgIpc) is 2.50. The molecule has 0 fully saturated rings. The maximum Gasteiger partial charge on any atom is 0.240 e. The molecule has 0 bridgehead atoms. The van der Waals surface area contributed by atoms with Crippen molar-refractivity contribution in [3.05, 3.63) is 22.7 Å². The highest BCUT2D eigenvalue weighted by Gasteiger charge is 2.24. The van der Waals surface area contributed by atoms with Crippen LogP contribution in [0.4, 0.5) is 5.69 Å². The van der Waals surface area contributed by atoms with E-state index in [1.807, 2.05) is 19.0 Å². The Balaban J connectivity index is 2.97. The van der Waals surface area contributed by atoms with Crippen LogP contribution in [0.3, 0.4) is 0 Å². The average molecular weight is 392 g/mol. The Morgan fingerprint density at radius 2 is 1.96 bits per heavy atom. The van der Waals surface area contributed by atoms with Gasteiger partial charge in [0.25, 0.3) is 0 Å². The Morgan fingerprint density at radius 1 is 1.32 bits per heavy atom. The van der Waals surface area contributed by atoms with E-state index >= 15 is 0 Å². The number of ether oxygens (including phenoxy) is 1. The fraction of sp³-hybridized carbons (Fsp3) is 0.562. The predicted molar refractivity (Wildman–Crippen MR) is 101 cm³/mol. The molecule has 1 aromatic rings. The summed E-state index contributed by atoms with van der Waals surface area (Å²) in [5.41, 5.74) is 0.979. The van der Waals surface area contributed by atoms with Crippen molar-refractivity contribution in [2.75, 3.05) is 51.4 Å². The molecule has 0 spiro atoms. The van der Waals surface area contributed by atoms with Gasteiger partial charge in [0.15, 0.2) is 0 Å². The van der Waals surface area contributed by atoms with Gasteiger partial charge in [-0.25, -0.2) is 8.42 Å². The molecule has 0 radical (unpaired) electrons. The lowest BCUT2D eigenvalue weighted by Crippen LogP contribution is -2.41. The topological polar surface area (TPSA) is 79.0 Å². The quantitative estimate of drug-likeness (QED) is 0.645. The second-order valence-corrected chi connectivity index (χ2v) is 8.36. The molecule has 25 heavy (non-hydrogen) atoms. The van der Waals surface area contributed by atoms with Gasteiger partial charge in [-0.3, -0.25) is 9.10 Å². The van der Waals surface area contributed by atoms with Crippen molar-refractivity contribution in [1.82, 2.24) is 10.2 Å². The normalized spacial score (nSPS) is 11.5. The number of hydrogen-bond donors (Lipinski definition) is 1. The van der Waals surface area contributed by atoms with Crippen molar-refractivity contribution in [1.29, 1.82) is 0 Å². The molecule has 1 aromatic carbocycles. The van der Waals surface area contributed by atoms with E-state index in [9.17, 15) is 13.2 Å². The summed E-state index contributed by atoms with van der Waals surface area (Å²) >= 11 is 6.07. The molecule has 1 amide bonds. The minimum absolute atomic E-state index is 0.287. The van der Waals surface area contributed by atoms with E-state index in [0.717, 1.165) is 23.5 Å². The van der Waals surface area contributed by atoms with E-state index in [0.29, 0.717) is 22.9 Å². The molecule has 0 aliphatic carbocycles. The highest BCUT2D eigenvalue weighted by Crippen LogP contribution is 2.34. The number of aryl methyl sites for hydroxylation is 1. The van der Waals surface area contributed by atoms with Gasteiger partial charge in [-0.1, -0.05) is 11.6 Å². The molecule has 1 N–H and O–H groups in total. The minimum Gasteiger partial charge on any atom is -0.494 e. The number of sulfonamides is 1. The zero-order valence-corrected chi connectivity index (χ0v) is 16.9. The molecular formula is C16H26ClN3O4S. The summed E-state index contributed by atoms with van der Waals surface area (Å²) in [5, 5.41) is 3.20. The Kier molecular flexibility index (Phi) is 7.98. The number of halogens is 1. The molecule has 0 saturated carbocycles. The summed E-state index contributed by atoms with van der Waals surface area (Å²) in [7, 11) is 1.64. The number of amides is 1. The summed E-state index contributed by atoms with van der Waals surface area (Å²) in [6.45, 7) is 2.75. The van der Waals surface area contributed by atoms with Gasteiger partial charge in [0.05, 0.1) is 19.1 Å². The van der Waals surface area contributed by atoms with Gasteiger partial charge in [-0.05, 0) is 45.6 Å². The fourth-order valence-electron chi connectivity index (χ4n) is 2.20. The van der Waals surface area contributed by atoms with Crippen LogP contribution < -0.4 is 14.4 Å². The molecule has 142 valence electrons. The lowest BCUT2D eigenvalue weighted by atomic mass is 10.2. The first-order chi connectivity index (χ1) is 11.6. The standard InChI is InChI=1S/C16H26ClN3O4S/c1-12-9-14(15(24-4)10-13(12)17)20(25(5,22)23)11-16(21)18-7-6-8-19(2)3/h9-10H,6-8,11H2,1-5H3,(H,18,21). The van der Waals surface area contributed by atoms with Gasteiger partial charge in [0, 0.05) is 17.6 Å². The first kappa shape index (κ1) is 21.5. The van der Waals surface area contributed by atoms with Crippen molar-refractivity contribution in [3.63, 3.8) is 0 Å². The summed E-state index contributed by atoms with van der Waals surface area (Å²) < 4.78 is 30.7. The van der Waals surface area contributed by atoms with Gasteiger partial charge in [0.1, 0.15) is 12.3 Å². The highest BCUT2D eigenvalue weighted by molar-refractivity contribution is 7.92. The monoisotopic (exact) mass is 391 g/mol. The summed E-state index contributed by atoms with van der Waals surface area (Å²) in [6.07, 6.45) is 1.83. The lowest BCUT2D eigenvalue weighted by molar-refractivity contribution is -0.119. The molecule has 0 aromatic heterocycles. The van der Waals surface area contributed by atoms with Crippen LogP contribution >= 0.6 is 11.6 Å². The maximum absolute atomic E-state index is 12.2. The second kappa shape index (κ2) is 9.26. The van der Waals surface area contributed by atoms with Crippen molar-refractivity contribution >= 4 is 33.2 Å². The molecule has 1 rings (SSSR count). The van der Waals surface area contributed by atoms with Crippen LogP contribution in [0, 0.1) is 6.92 Å². The van der Waals surface area contributed by atoms with Crippen molar-refractivity contribution < 1.29 is 17.9 Å². The van der Waals surface area contributed by atoms with E-state index < -0.39 is 10.0 Å². The molecule has 0 aliphatic rings. The van der Waals surface area contributed by atoms with E-state index in [1.165, 1.54) is 7.11 Å². The number of carbonyl (C=O) groups excluding carboxylic acids is 1. The highest BCUT2D eigenvalue weighted by atomic mass is 35.5. The number of anilines is 1. The summed E-state index contributed by atoms with van der Waals surface area (Å²) in [5.74, 6) is -0.0831. The number of nitrogens with one attached hydrogen (secondary N) is 1. The summed E-state index contributed by atoms with van der Waals surface area (Å²) in [6, 6.07) is 3.14. The molecule has 7 nitrogen and oxygen atoms in total. The van der Waals surface area contributed by atoms with Crippen LogP contribution in [0.15, 0.2) is 12.1 Å². The molecule has 9 heteroatoms. The number of nitrogens with zero attached hydrogens (tertiary/aromatic N) is 2. The molecule has 0 aliphatic heterocycles. The van der Waals surface area contributed by atoms with Crippen molar-refractivity contribution in [3.8, 4) is 5.75 Å².